The molecule has 4 heterocycles. The fourth-order valence-electron chi connectivity index (χ4n) is 6.99. The molecule has 21 nitrogen and oxygen atoms in total. The second-order valence-corrected chi connectivity index (χ2v) is 16.2. The molecule has 2 saturated heterocycles. The molecule has 0 bridgehead atoms. The minimum atomic E-state index is -0.931. The average molecular weight is 920 g/mol. The highest BCUT2D eigenvalue weighted by Gasteiger charge is 2.31. The molecule has 0 spiro atoms. The second-order valence-electron chi connectivity index (χ2n) is 15.8. The van der Waals surface area contributed by atoms with Gasteiger partial charge in [-0.15, -0.1) is 0 Å². The molecule has 2 aromatic carbocycles. The van der Waals surface area contributed by atoms with Crippen LogP contribution < -0.4 is 47.9 Å². The molecule has 2 aliphatic rings. The molecular formula is C43H54ClN11O10. The molecule has 8 N–H and O–H groups in total. The summed E-state index contributed by atoms with van der Waals surface area (Å²) in [6.45, 7) is 5.27. The van der Waals surface area contributed by atoms with Crippen LogP contribution in [0.2, 0.25) is 5.02 Å². The standard InChI is InChI=1S/C43H54ClN11O10/c1-43(46)14-17-54(18-15-43)32-26-48-41(39(45)52-32)65-31-8-3-7-29(38(31)44)51-34(57)10-4-9-33(56)47-16-20-63-22-24-64-23-21-62-19-13-36(59)50-28-6-2-5-27-25-49-55(42(61)37(27)28)30-11-12-35(58)53-40(30)60/h2-3,5-8,25-26,30H,4,9-24,46H2,1H3,(H2,45,52)(H,47,56)(H,50,59)(H,51,57)(H,53,58,60). The Morgan fingerprint density at radius 3 is 2.28 bits per heavy atom. The van der Waals surface area contributed by atoms with Gasteiger partial charge in [0.25, 0.3) is 17.3 Å². The summed E-state index contributed by atoms with van der Waals surface area (Å²) >= 11 is 6.55. The molecule has 22 heteroatoms. The molecule has 2 aliphatic heterocycles. The number of carbonyl (C=O) groups excluding carboxylic acids is 5. The Bertz CT molecular complexity index is 2410. The van der Waals surface area contributed by atoms with Crippen LogP contribution in [0.4, 0.5) is 23.0 Å². The number of amides is 5. The number of imide groups is 1. The third-order valence-corrected chi connectivity index (χ3v) is 11.0. The summed E-state index contributed by atoms with van der Waals surface area (Å²) in [5.41, 5.74) is 12.3. The van der Waals surface area contributed by atoms with Crippen LogP contribution >= 0.6 is 11.6 Å². The number of aromatic nitrogens is 4. The number of halogens is 1. The molecule has 6 rings (SSSR count). The van der Waals surface area contributed by atoms with Crippen molar-refractivity contribution in [3.8, 4) is 11.6 Å². The van der Waals surface area contributed by atoms with Crippen molar-refractivity contribution in [1.29, 1.82) is 0 Å². The number of piperidine rings is 2. The van der Waals surface area contributed by atoms with E-state index in [1.807, 2.05) is 6.92 Å². The second kappa shape index (κ2) is 23.1. The van der Waals surface area contributed by atoms with Crippen LogP contribution in [-0.4, -0.2) is 114 Å². The van der Waals surface area contributed by atoms with Crippen LogP contribution in [0, 0.1) is 0 Å². The lowest BCUT2D eigenvalue weighted by Crippen LogP contribution is -2.48. The van der Waals surface area contributed by atoms with Gasteiger partial charge in [0.05, 0.1) is 75.2 Å². The van der Waals surface area contributed by atoms with E-state index in [2.05, 4.69) is 41.2 Å². The highest BCUT2D eigenvalue weighted by molar-refractivity contribution is 6.35. The van der Waals surface area contributed by atoms with Gasteiger partial charge in [0.15, 0.2) is 5.82 Å². The lowest BCUT2D eigenvalue weighted by atomic mass is 9.91. The number of benzene rings is 2. The summed E-state index contributed by atoms with van der Waals surface area (Å²) in [7, 11) is 0. The Balaban J connectivity index is 0.782. The maximum atomic E-state index is 13.3. The lowest BCUT2D eigenvalue weighted by Gasteiger charge is -2.37. The Morgan fingerprint density at radius 2 is 1.54 bits per heavy atom. The van der Waals surface area contributed by atoms with Gasteiger partial charge >= 0.3 is 0 Å². The maximum absolute atomic E-state index is 13.3. The number of nitrogen functional groups attached to an aromatic ring is 1. The van der Waals surface area contributed by atoms with Crippen LogP contribution in [0.15, 0.2) is 53.6 Å². The molecule has 5 amide bonds. The zero-order valence-electron chi connectivity index (χ0n) is 36.1. The van der Waals surface area contributed by atoms with Gasteiger partial charge in [-0.2, -0.15) is 5.10 Å². The van der Waals surface area contributed by atoms with E-state index >= 15 is 0 Å². The van der Waals surface area contributed by atoms with Crippen LogP contribution in [0.5, 0.6) is 11.6 Å². The number of nitrogens with one attached hydrogen (secondary N) is 4. The summed E-state index contributed by atoms with van der Waals surface area (Å²) in [6, 6.07) is 8.93. The van der Waals surface area contributed by atoms with Crippen LogP contribution in [0.3, 0.4) is 0 Å². The number of nitrogens with zero attached hydrogens (tertiary/aromatic N) is 5. The smallest absolute Gasteiger partial charge is 0.277 e. The van der Waals surface area contributed by atoms with Gasteiger partial charge in [-0.3, -0.25) is 34.1 Å². The van der Waals surface area contributed by atoms with Crippen molar-refractivity contribution in [1.82, 2.24) is 30.4 Å². The largest absolute Gasteiger partial charge is 0.434 e. The topological polar surface area (TPSA) is 286 Å². The summed E-state index contributed by atoms with van der Waals surface area (Å²) in [5.74, 6) is -0.887. The van der Waals surface area contributed by atoms with Gasteiger partial charge in [0.2, 0.25) is 23.6 Å². The molecule has 0 saturated carbocycles. The normalized spacial score (nSPS) is 15.9. The van der Waals surface area contributed by atoms with E-state index in [0.717, 1.165) is 30.6 Å². The van der Waals surface area contributed by atoms with Gasteiger partial charge in [0.1, 0.15) is 22.6 Å². The first-order valence-corrected chi connectivity index (χ1v) is 21.7. The minimum absolute atomic E-state index is 0.0175. The molecule has 348 valence electrons. The Labute approximate surface area is 379 Å². The van der Waals surface area contributed by atoms with Crippen molar-refractivity contribution in [2.45, 2.75) is 69.9 Å². The fourth-order valence-corrected chi connectivity index (χ4v) is 7.20. The molecular weight excluding hydrogens is 866 g/mol. The van der Waals surface area contributed by atoms with Gasteiger partial charge in [0, 0.05) is 49.8 Å². The summed E-state index contributed by atoms with van der Waals surface area (Å²) in [4.78, 5) is 85.8. The number of rotatable bonds is 22. The highest BCUT2D eigenvalue weighted by Crippen LogP contribution is 2.36. The number of hydrogen-bond acceptors (Lipinski definition) is 16. The SMILES string of the molecule is CC1(N)CCN(c2cnc(Oc3cccc(NC(=O)CCCC(=O)NCCOCCOCCOCCC(=O)Nc4cccc5cnn(C6CCC(=O)NC6=O)c(=O)c45)c3Cl)c(N)n2)CC1. The van der Waals surface area contributed by atoms with E-state index < -0.39 is 23.4 Å². The fraction of sp³-hybridized carbons (Fsp3) is 0.465. The van der Waals surface area contributed by atoms with Crippen LogP contribution in [0.1, 0.15) is 64.3 Å². The number of anilines is 4. The van der Waals surface area contributed by atoms with Crippen molar-refractivity contribution >= 4 is 74.9 Å². The lowest BCUT2D eigenvalue weighted by molar-refractivity contribution is -0.136. The minimum Gasteiger partial charge on any atom is -0.434 e. The Morgan fingerprint density at radius 1 is 0.877 bits per heavy atom. The van der Waals surface area contributed by atoms with Crippen LogP contribution in [0.25, 0.3) is 10.8 Å². The first-order valence-electron chi connectivity index (χ1n) is 21.3. The van der Waals surface area contributed by atoms with Crippen molar-refractivity contribution in [3.05, 3.63) is 64.2 Å². The van der Waals surface area contributed by atoms with E-state index in [9.17, 15) is 28.8 Å². The van der Waals surface area contributed by atoms with E-state index in [4.69, 9.17) is 42.0 Å². The zero-order valence-corrected chi connectivity index (χ0v) is 36.8. The summed E-state index contributed by atoms with van der Waals surface area (Å²) < 4.78 is 23.4. The summed E-state index contributed by atoms with van der Waals surface area (Å²) in [5, 5.41) is 15.4. The first-order chi connectivity index (χ1) is 31.3. The molecule has 2 fully saturated rings. The monoisotopic (exact) mass is 919 g/mol. The number of carbonyl (C=O) groups is 5. The highest BCUT2D eigenvalue weighted by atomic mass is 35.5. The van der Waals surface area contributed by atoms with Crippen molar-refractivity contribution in [2.75, 3.05) is 80.5 Å². The molecule has 65 heavy (non-hydrogen) atoms. The Hall–Kier alpha value is -6.26. The van der Waals surface area contributed by atoms with E-state index in [1.54, 1.807) is 42.6 Å². The molecule has 0 aliphatic carbocycles. The average Bonchev–Trinajstić information content (AvgIpc) is 3.26. The molecule has 1 atom stereocenters. The zero-order chi connectivity index (χ0) is 46.3. The maximum Gasteiger partial charge on any atom is 0.277 e. The van der Waals surface area contributed by atoms with Gasteiger partial charge in [-0.05, 0) is 50.8 Å². The molecule has 2 aromatic heterocycles. The third kappa shape index (κ3) is 13.9. The molecule has 0 radical (unpaired) electrons. The van der Waals surface area contributed by atoms with Gasteiger partial charge < -0.3 is 51.3 Å². The van der Waals surface area contributed by atoms with Gasteiger partial charge in [-0.25, -0.2) is 14.6 Å². The molecule has 1 unspecified atom stereocenters. The van der Waals surface area contributed by atoms with Crippen molar-refractivity contribution < 1.29 is 42.9 Å². The first kappa shape index (κ1) is 48.2. The predicted octanol–water partition coefficient (Wildman–Crippen LogP) is 2.81. The molecule has 4 aromatic rings. The number of ether oxygens (including phenoxy) is 4. The third-order valence-electron chi connectivity index (χ3n) is 10.6. The number of nitrogens with two attached hydrogens (primary N) is 2. The predicted molar refractivity (Wildman–Crippen MR) is 241 cm³/mol. The van der Waals surface area contributed by atoms with Gasteiger partial charge in [-0.1, -0.05) is 29.8 Å². The summed E-state index contributed by atoms with van der Waals surface area (Å²) in [6.07, 6.45) is 5.46. The van der Waals surface area contributed by atoms with Crippen molar-refractivity contribution in [2.24, 2.45) is 5.73 Å². The van der Waals surface area contributed by atoms with E-state index in [-0.39, 0.29) is 122 Å². The Kier molecular flexibility index (Phi) is 17.1. The number of hydrogen-bond donors (Lipinski definition) is 6. The van der Waals surface area contributed by atoms with Crippen molar-refractivity contribution in [3.63, 3.8) is 0 Å². The quantitative estimate of drug-likeness (QED) is 0.0488. The van der Waals surface area contributed by atoms with E-state index in [0.29, 0.717) is 36.5 Å². The van der Waals surface area contributed by atoms with Crippen LogP contribution in [-0.2, 0) is 38.2 Å². The number of fused-ring (bicyclic) bond motifs is 1. The van der Waals surface area contributed by atoms with E-state index in [1.165, 1.54) is 6.20 Å².